The van der Waals surface area contributed by atoms with Crippen molar-refractivity contribution in [3.8, 4) is 0 Å². The van der Waals surface area contributed by atoms with Crippen LogP contribution in [0.2, 0.25) is 0 Å². The fourth-order valence-corrected chi connectivity index (χ4v) is 1.55. The summed E-state index contributed by atoms with van der Waals surface area (Å²) in [6.45, 7) is 9.65. The first kappa shape index (κ1) is 13.3. The Morgan fingerprint density at radius 3 is 1.79 bits per heavy atom. The number of rotatable bonds is 6. The highest BCUT2D eigenvalue weighted by Gasteiger charge is 2.19. The van der Waals surface area contributed by atoms with Gasteiger partial charge >= 0.3 is 0 Å². The minimum absolute atomic E-state index is 0.0387. The molecule has 2 nitrogen and oxygen atoms in total. The first-order valence-electron chi connectivity index (χ1n) is 5.40. The summed E-state index contributed by atoms with van der Waals surface area (Å²) in [4.78, 5) is 23.0. The standard InChI is InChI=1S/C12H22O2/c1-8(2)6-11(13)7-10(5)12(14)9(3)4/h8-10H,6-7H2,1-5H3. The van der Waals surface area contributed by atoms with Gasteiger partial charge in [0.2, 0.25) is 0 Å². The van der Waals surface area contributed by atoms with Crippen LogP contribution in [0.15, 0.2) is 0 Å². The van der Waals surface area contributed by atoms with E-state index >= 15 is 0 Å². The third-order valence-corrected chi connectivity index (χ3v) is 2.22. The molecule has 2 heteroatoms. The van der Waals surface area contributed by atoms with E-state index in [0.29, 0.717) is 18.8 Å². The van der Waals surface area contributed by atoms with E-state index in [9.17, 15) is 9.59 Å². The van der Waals surface area contributed by atoms with Crippen LogP contribution in [0.5, 0.6) is 0 Å². The average Bonchev–Trinajstić information content (AvgIpc) is 2.00. The largest absolute Gasteiger partial charge is 0.300 e. The van der Waals surface area contributed by atoms with Crippen molar-refractivity contribution >= 4 is 11.6 Å². The molecule has 0 bridgehead atoms. The molecule has 0 fully saturated rings. The van der Waals surface area contributed by atoms with E-state index in [1.54, 1.807) is 0 Å². The van der Waals surface area contributed by atoms with Crippen LogP contribution in [0.4, 0.5) is 0 Å². The number of carbonyl (C=O) groups excluding carboxylic acids is 2. The lowest BCUT2D eigenvalue weighted by atomic mass is 9.90. The summed E-state index contributed by atoms with van der Waals surface area (Å²) < 4.78 is 0. The molecule has 0 rings (SSSR count). The van der Waals surface area contributed by atoms with Crippen LogP contribution in [0.1, 0.15) is 47.5 Å². The lowest BCUT2D eigenvalue weighted by molar-refractivity contribution is -0.129. The van der Waals surface area contributed by atoms with Gasteiger partial charge in [0, 0.05) is 24.7 Å². The molecule has 0 radical (unpaired) electrons. The second-order valence-electron chi connectivity index (χ2n) is 4.80. The number of carbonyl (C=O) groups is 2. The van der Waals surface area contributed by atoms with Gasteiger partial charge in [-0.3, -0.25) is 9.59 Å². The van der Waals surface area contributed by atoms with Gasteiger partial charge in [-0.25, -0.2) is 0 Å². The Labute approximate surface area is 87.1 Å². The predicted octanol–water partition coefficient (Wildman–Crippen LogP) is 2.85. The highest BCUT2D eigenvalue weighted by Crippen LogP contribution is 2.13. The van der Waals surface area contributed by atoms with E-state index in [-0.39, 0.29) is 23.4 Å². The molecular formula is C12H22O2. The molecule has 0 spiro atoms. The highest BCUT2D eigenvalue weighted by molar-refractivity contribution is 5.88. The van der Waals surface area contributed by atoms with Crippen LogP contribution >= 0.6 is 0 Å². The predicted molar refractivity (Wildman–Crippen MR) is 58.1 cm³/mol. The van der Waals surface area contributed by atoms with Crippen LogP contribution < -0.4 is 0 Å². The molecule has 0 aromatic rings. The van der Waals surface area contributed by atoms with Crippen LogP contribution in [0.3, 0.4) is 0 Å². The summed E-state index contributed by atoms with van der Waals surface area (Å²) in [5, 5.41) is 0. The Balaban J connectivity index is 4.00. The summed E-state index contributed by atoms with van der Waals surface area (Å²) >= 11 is 0. The first-order chi connectivity index (χ1) is 6.34. The molecule has 1 unspecified atom stereocenters. The minimum Gasteiger partial charge on any atom is -0.300 e. The van der Waals surface area contributed by atoms with E-state index < -0.39 is 0 Å². The Morgan fingerprint density at radius 2 is 1.43 bits per heavy atom. The second kappa shape index (κ2) is 5.94. The molecule has 14 heavy (non-hydrogen) atoms. The van der Waals surface area contributed by atoms with E-state index in [1.807, 2.05) is 34.6 Å². The summed E-state index contributed by atoms with van der Waals surface area (Å²) in [5.41, 5.74) is 0. The molecule has 0 aliphatic heterocycles. The number of ketones is 2. The molecule has 0 N–H and O–H groups in total. The van der Waals surface area contributed by atoms with Crippen molar-refractivity contribution in [2.75, 3.05) is 0 Å². The number of Topliss-reactive ketones (excluding diaryl/α,β-unsaturated/α-hetero) is 2. The van der Waals surface area contributed by atoms with Gasteiger partial charge in [0.05, 0.1) is 0 Å². The van der Waals surface area contributed by atoms with Crippen LogP contribution in [-0.4, -0.2) is 11.6 Å². The molecule has 0 aromatic carbocycles. The topological polar surface area (TPSA) is 34.1 Å². The highest BCUT2D eigenvalue weighted by atomic mass is 16.1. The number of hydrogen-bond donors (Lipinski definition) is 0. The van der Waals surface area contributed by atoms with Crippen LogP contribution in [-0.2, 0) is 9.59 Å². The van der Waals surface area contributed by atoms with Gasteiger partial charge in [-0.1, -0.05) is 34.6 Å². The summed E-state index contributed by atoms with van der Waals surface area (Å²) in [5.74, 6) is 0.727. The molecule has 1 atom stereocenters. The summed E-state index contributed by atoms with van der Waals surface area (Å²) in [6.07, 6.45) is 1.00. The van der Waals surface area contributed by atoms with E-state index in [2.05, 4.69) is 0 Å². The first-order valence-corrected chi connectivity index (χ1v) is 5.40. The smallest absolute Gasteiger partial charge is 0.138 e. The quantitative estimate of drug-likeness (QED) is 0.657. The molecule has 0 aromatic heterocycles. The molecule has 0 aliphatic rings. The van der Waals surface area contributed by atoms with Gasteiger partial charge in [0.15, 0.2) is 0 Å². The summed E-state index contributed by atoms with van der Waals surface area (Å²) in [7, 11) is 0. The Hall–Kier alpha value is -0.660. The average molecular weight is 198 g/mol. The van der Waals surface area contributed by atoms with Gasteiger partial charge in [0.1, 0.15) is 11.6 Å². The van der Waals surface area contributed by atoms with Crippen LogP contribution in [0.25, 0.3) is 0 Å². The third-order valence-electron chi connectivity index (χ3n) is 2.22. The fourth-order valence-electron chi connectivity index (χ4n) is 1.55. The maximum absolute atomic E-state index is 11.5. The van der Waals surface area contributed by atoms with Crippen molar-refractivity contribution in [1.29, 1.82) is 0 Å². The molecule has 0 amide bonds. The molecule has 0 saturated heterocycles. The van der Waals surface area contributed by atoms with E-state index in [0.717, 1.165) is 0 Å². The third kappa shape index (κ3) is 5.15. The zero-order valence-corrected chi connectivity index (χ0v) is 9.96. The van der Waals surface area contributed by atoms with E-state index in [4.69, 9.17) is 0 Å². The van der Waals surface area contributed by atoms with Gasteiger partial charge in [0.25, 0.3) is 0 Å². The minimum atomic E-state index is -0.110. The fraction of sp³-hybridized carbons (Fsp3) is 0.833. The molecule has 0 aliphatic carbocycles. The Kier molecular flexibility index (Phi) is 5.66. The van der Waals surface area contributed by atoms with Gasteiger partial charge in [-0.2, -0.15) is 0 Å². The lowest BCUT2D eigenvalue weighted by Gasteiger charge is -2.12. The van der Waals surface area contributed by atoms with Crippen molar-refractivity contribution in [3.63, 3.8) is 0 Å². The monoisotopic (exact) mass is 198 g/mol. The van der Waals surface area contributed by atoms with Gasteiger partial charge in [-0.15, -0.1) is 0 Å². The normalized spacial score (nSPS) is 13.4. The van der Waals surface area contributed by atoms with Crippen LogP contribution in [0, 0.1) is 17.8 Å². The molecule has 0 heterocycles. The van der Waals surface area contributed by atoms with Crippen molar-refractivity contribution in [1.82, 2.24) is 0 Å². The van der Waals surface area contributed by atoms with Gasteiger partial charge < -0.3 is 0 Å². The van der Waals surface area contributed by atoms with Crippen molar-refractivity contribution in [2.24, 2.45) is 17.8 Å². The second-order valence-corrected chi connectivity index (χ2v) is 4.80. The molecule has 82 valence electrons. The Bertz CT molecular complexity index is 204. The Morgan fingerprint density at radius 1 is 0.929 bits per heavy atom. The SMILES string of the molecule is CC(C)CC(=O)CC(C)C(=O)C(C)C. The summed E-state index contributed by atoms with van der Waals surface area (Å²) in [6, 6.07) is 0. The number of hydrogen-bond acceptors (Lipinski definition) is 2. The van der Waals surface area contributed by atoms with Crippen molar-refractivity contribution in [3.05, 3.63) is 0 Å². The van der Waals surface area contributed by atoms with Crippen molar-refractivity contribution < 1.29 is 9.59 Å². The molecule has 0 saturated carbocycles. The maximum atomic E-state index is 11.5. The maximum Gasteiger partial charge on any atom is 0.138 e. The lowest BCUT2D eigenvalue weighted by Crippen LogP contribution is -2.20. The zero-order valence-electron chi connectivity index (χ0n) is 9.96. The van der Waals surface area contributed by atoms with Crippen molar-refractivity contribution in [2.45, 2.75) is 47.5 Å². The van der Waals surface area contributed by atoms with Gasteiger partial charge in [-0.05, 0) is 5.92 Å². The zero-order chi connectivity index (χ0) is 11.3. The molecular weight excluding hydrogens is 176 g/mol. The van der Waals surface area contributed by atoms with E-state index in [1.165, 1.54) is 0 Å².